The molecule has 1 rings (SSSR count). The zero-order valence-electron chi connectivity index (χ0n) is 6.72. The third-order valence-electron chi connectivity index (χ3n) is 1.61. The number of aryl methyl sites for hydroxylation is 2. The molecule has 2 nitrogen and oxygen atoms in total. The minimum Gasteiger partial charge on any atom is -0.328 e. The molecule has 0 heterocycles. The summed E-state index contributed by atoms with van der Waals surface area (Å²) in [7, 11) is 0. The van der Waals surface area contributed by atoms with Crippen molar-refractivity contribution in [3.8, 4) is 0 Å². The first-order valence-corrected chi connectivity index (χ1v) is 3.51. The van der Waals surface area contributed by atoms with E-state index in [1.54, 1.807) is 0 Å². The Morgan fingerprint density at radius 3 is 2.73 bits per heavy atom. The molecule has 1 amide bonds. The van der Waals surface area contributed by atoms with Crippen molar-refractivity contribution in [2.45, 2.75) is 13.8 Å². The van der Waals surface area contributed by atoms with E-state index in [9.17, 15) is 4.79 Å². The van der Waals surface area contributed by atoms with E-state index >= 15 is 0 Å². The van der Waals surface area contributed by atoms with Gasteiger partial charge in [0.15, 0.2) is 0 Å². The Balaban J connectivity index is 3.01. The van der Waals surface area contributed by atoms with E-state index in [0.29, 0.717) is 6.41 Å². The highest BCUT2D eigenvalue weighted by Crippen LogP contribution is 2.14. The molecule has 0 unspecified atom stereocenters. The van der Waals surface area contributed by atoms with Crippen molar-refractivity contribution in [3.05, 3.63) is 29.3 Å². The van der Waals surface area contributed by atoms with Crippen LogP contribution in [0.4, 0.5) is 5.69 Å². The Hall–Kier alpha value is -1.31. The molecule has 0 spiro atoms. The van der Waals surface area contributed by atoms with Crippen molar-refractivity contribution in [1.82, 2.24) is 0 Å². The van der Waals surface area contributed by atoms with Gasteiger partial charge >= 0.3 is 0 Å². The van der Waals surface area contributed by atoms with Gasteiger partial charge in [-0.25, -0.2) is 0 Å². The summed E-state index contributed by atoms with van der Waals surface area (Å²) in [6.45, 7) is 3.96. The lowest BCUT2D eigenvalue weighted by atomic mass is 10.1. The normalized spacial score (nSPS) is 9.27. The first-order chi connectivity index (χ1) is 5.24. The largest absolute Gasteiger partial charge is 0.328 e. The summed E-state index contributed by atoms with van der Waals surface area (Å²) in [5, 5.41) is 2.64. The Labute approximate surface area is 66.2 Å². The van der Waals surface area contributed by atoms with Gasteiger partial charge in [-0.05, 0) is 31.0 Å². The predicted molar refractivity (Wildman–Crippen MR) is 45.6 cm³/mol. The van der Waals surface area contributed by atoms with Crippen molar-refractivity contribution in [2.24, 2.45) is 0 Å². The van der Waals surface area contributed by atoms with Gasteiger partial charge in [0.2, 0.25) is 6.41 Å². The van der Waals surface area contributed by atoms with Crippen molar-refractivity contribution in [1.29, 1.82) is 0 Å². The molecule has 0 fully saturated rings. The number of carbonyl (C=O) groups excluding carboxylic acids is 1. The molecule has 0 aliphatic rings. The zero-order chi connectivity index (χ0) is 8.27. The SMILES string of the molecule is Cc1ccc(C)c(NC=O)c1. The number of benzene rings is 1. The minimum absolute atomic E-state index is 0.696. The molecular formula is C9H11NO. The summed E-state index contributed by atoms with van der Waals surface area (Å²) in [5.41, 5.74) is 3.13. The Bertz CT molecular complexity index is 268. The first-order valence-electron chi connectivity index (χ1n) is 3.51. The van der Waals surface area contributed by atoms with Gasteiger partial charge in [-0.1, -0.05) is 12.1 Å². The van der Waals surface area contributed by atoms with Crippen LogP contribution in [-0.4, -0.2) is 6.41 Å². The molecule has 1 aromatic carbocycles. The van der Waals surface area contributed by atoms with Gasteiger partial charge in [-0.2, -0.15) is 0 Å². The van der Waals surface area contributed by atoms with E-state index in [1.807, 2.05) is 32.0 Å². The molecule has 0 atom stereocenters. The number of nitrogens with one attached hydrogen (secondary N) is 1. The average molecular weight is 149 g/mol. The van der Waals surface area contributed by atoms with Crippen LogP contribution in [0.5, 0.6) is 0 Å². The molecule has 11 heavy (non-hydrogen) atoms. The molecular weight excluding hydrogens is 138 g/mol. The number of anilines is 1. The average Bonchev–Trinajstić information content (AvgIpc) is 1.98. The summed E-state index contributed by atoms with van der Waals surface area (Å²) in [6.07, 6.45) is 0.696. The quantitative estimate of drug-likeness (QED) is 0.639. The second-order valence-electron chi connectivity index (χ2n) is 2.58. The van der Waals surface area contributed by atoms with Crippen molar-refractivity contribution in [3.63, 3.8) is 0 Å². The van der Waals surface area contributed by atoms with Crippen molar-refractivity contribution in [2.75, 3.05) is 5.32 Å². The number of hydrogen-bond acceptors (Lipinski definition) is 1. The topological polar surface area (TPSA) is 29.1 Å². The molecule has 0 aromatic heterocycles. The summed E-state index contributed by atoms with van der Waals surface area (Å²) >= 11 is 0. The molecule has 0 aliphatic carbocycles. The predicted octanol–water partition coefficient (Wildman–Crippen LogP) is 1.87. The smallest absolute Gasteiger partial charge is 0.211 e. The molecule has 0 aliphatic heterocycles. The maximum absolute atomic E-state index is 10.1. The second-order valence-corrected chi connectivity index (χ2v) is 2.58. The van der Waals surface area contributed by atoms with E-state index in [0.717, 1.165) is 16.8 Å². The molecule has 0 saturated heterocycles. The summed E-state index contributed by atoms with van der Waals surface area (Å²) in [5.74, 6) is 0. The lowest BCUT2D eigenvalue weighted by Crippen LogP contribution is -1.96. The van der Waals surface area contributed by atoms with E-state index in [2.05, 4.69) is 5.32 Å². The second kappa shape index (κ2) is 3.19. The van der Waals surface area contributed by atoms with Gasteiger partial charge < -0.3 is 5.32 Å². The fourth-order valence-electron chi connectivity index (χ4n) is 0.955. The standard InChI is InChI=1S/C9H11NO/c1-7-3-4-8(2)9(5-7)10-6-11/h3-6H,1-2H3,(H,10,11). The fraction of sp³-hybridized carbons (Fsp3) is 0.222. The maximum Gasteiger partial charge on any atom is 0.211 e. The summed E-state index contributed by atoms with van der Waals surface area (Å²) in [4.78, 5) is 10.1. The van der Waals surface area contributed by atoms with E-state index < -0.39 is 0 Å². The third-order valence-corrected chi connectivity index (χ3v) is 1.61. The van der Waals surface area contributed by atoms with Crippen molar-refractivity contribution < 1.29 is 4.79 Å². The molecule has 1 aromatic rings. The Morgan fingerprint density at radius 2 is 2.09 bits per heavy atom. The van der Waals surface area contributed by atoms with Crippen LogP contribution < -0.4 is 5.32 Å². The van der Waals surface area contributed by atoms with Crippen LogP contribution in [0.25, 0.3) is 0 Å². The first kappa shape index (κ1) is 7.79. The zero-order valence-corrected chi connectivity index (χ0v) is 6.72. The van der Waals surface area contributed by atoms with E-state index in [4.69, 9.17) is 0 Å². The highest BCUT2D eigenvalue weighted by molar-refractivity contribution is 5.73. The lowest BCUT2D eigenvalue weighted by molar-refractivity contribution is -0.105. The monoisotopic (exact) mass is 149 g/mol. The van der Waals surface area contributed by atoms with Crippen LogP contribution >= 0.6 is 0 Å². The number of hydrogen-bond donors (Lipinski definition) is 1. The van der Waals surface area contributed by atoms with E-state index in [1.165, 1.54) is 0 Å². The van der Waals surface area contributed by atoms with Gasteiger partial charge in [-0.3, -0.25) is 4.79 Å². The molecule has 0 saturated carbocycles. The van der Waals surface area contributed by atoms with Crippen LogP contribution in [0.3, 0.4) is 0 Å². The van der Waals surface area contributed by atoms with Gasteiger partial charge in [-0.15, -0.1) is 0 Å². The fourth-order valence-corrected chi connectivity index (χ4v) is 0.955. The van der Waals surface area contributed by atoms with Gasteiger partial charge in [0.05, 0.1) is 0 Å². The number of amides is 1. The Kier molecular flexibility index (Phi) is 2.26. The van der Waals surface area contributed by atoms with Gasteiger partial charge in [0.25, 0.3) is 0 Å². The third kappa shape index (κ3) is 1.80. The Morgan fingerprint density at radius 1 is 1.36 bits per heavy atom. The van der Waals surface area contributed by atoms with Crippen LogP contribution in [0.15, 0.2) is 18.2 Å². The molecule has 1 N–H and O–H groups in total. The van der Waals surface area contributed by atoms with Crippen LogP contribution in [0.2, 0.25) is 0 Å². The van der Waals surface area contributed by atoms with Crippen LogP contribution in [-0.2, 0) is 4.79 Å². The highest BCUT2D eigenvalue weighted by atomic mass is 16.1. The van der Waals surface area contributed by atoms with Crippen molar-refractivity contribution >= 4 is 12.1 Å². The van der Waals surface area contributed by atoms with Crippen LogP contribution in [0.1, 0.15) is 11.1 Å². The molecule has 2 heteroatoms. The number of carbonyl (C=O) groups is 1. The van der Waals surface area contributed by atoms with E-state index in [-0.39, 0.29) is 0 Å². The lowest BCUT2D eigenvalue weighted by Gasteiger charge is -2.03. The van der Waals surface area contributed by atoms with Crippen LogP contribution in [0, 0.1) is 13.8 Å². The maximum atomic E-state index is 10.1. The molecule has 0 radical (unpaired) electrons. The number of rotatable bonds is 2. The molecule has 0 bridgehead atoms. The van der Waals surface area contributed by atoms with Gasteiger partial charge in [0, 0.05) is 5.69 Å². The highest BCUT2D eigenvalue weighted by Gasteiger charge is 1.94. The van der Waals surface area contributed by atoms with Gasteiger partial charge in [0.1, 0.15) is 0 Å². The summed E-state index contributed by atoms with van der Waals surface area (Å²) < 4.78 is 0. The molecule has 58 valence electrons. The summed E-state index contributed by atoms with van der Waals surface area (Å²) in [6, 6.07) is 5.95. The minimum atomic E-state index is 0.696.